The van der Waals surface area contributed by atoms with Crippen LogP contribution in [0.5, 0.6) is 0 Å². The molecule has 1 rings (SSSR count). The summed E-state index contributed by atoms with van der Waals surface area (Å²) < 4.78 is 10.8. The molecule has 1 aromatic rings. The van der Waals surface area contributed by atoms with Crippen LogP contribution in [0, 0.1) is 0 Å². The van der Waals surface area contributed by atoms with Crippen LogP contribution in [-0.2, 0) is 17.2 Å². The van der Waals surface area contributed by atoms with Crippen LogP contribution < -0.4 is 5.32 Å². The molecular formula is C9H15N3OS. The molecule has 4 nitrogen and oxygen atoms in total. The lowest BCUT2D eigenvalue weighted by atomic mass is 10.3. The molecule has 0 fully saturated rings. The minimum atomic E-state index is -0.752. The lowest BCUT2D eigenvalue weighted by Gasteiger charge is -2.04. The highest BCUT2D eigenvalue weighted by molar-refractivity contribution is 7.84. The number of rotatable bonds is 5. The van der Waals surface area contributed by atoms with Gasteiger partial charge in [-0.25, -0.2) is 9.97 Å². The van der Waals surface area contributed by atoms with E-state index in [4.69, 9.17) is 0 Å². The lowest BCUT2D eigenvalue weighted by molar-refractivity contribution is 0.687. The molecule has 0 saturated heterocycles. The molecule has 0 aromatic carbocycles. The molecule has 0 aliphatic heterocycles. The van der Waals surface area contributed by atoms with Crippen LogP contribution in [0.2, 0.25) is 0 Å². The summed E-state index contributed by atoms with van der Waals surface area (Å²) in [7, 11) is -0.752. The molecule has 0 saturated carbocycles. The van der Waals surface area contributed by atoms with Gasteiger partial charge in [0.25, 0.3) is 0 Å². The van der Waals surface area contributed by atoms with Gasteiger partial charge < -0.3 is 5.32 Å². The third-order valence-corrected chi connectivity index (χ3v) is 2.56. The maximum absolute atomic E-state index is 10.8. The standard InChI is InChI=1S/C9H15N3OS/c1-3-8-6-9(12-7-11-8)10-4-5-14(2)13/h6-7H,3-5H2,1-2H3,(H,10,11,12). The second-order valence-corrected chi connectivity index (χ2v) is 4.51. The highest BCUT2D eigenvalue weighted by Gasteiger charge is 1.96. The molecule has 1 heterocycles. The van der Waals surface area contributed by atoms with E-state index in [2.05, 4.69) is 15.3 Å². The quantitative estimate of drug-likeness (QED) is 0.787. The van der Waals surface area contributed by atoms with Crippen molar-refractivity contribution in [3.63, 3.8) is 0 Å². The second-order valence-electron chi connectivity index (χ2n) is 2.95. The smallest absolute Gasteiger partial charge is 0.129 e. The molecule has 78 valence electrons. The molecular weight excluding hydrogens is 198 g/mol. The molecule has 0 bridgehead atoms. The van der Waals surface area contributed by atoms with E-state index in [1.54, 1.807) is 12.6 Å². The fourth-order valence-corrected chi connectivity index (χ4v) is 1.40. The van der Waals surface area contributed by atoms with E-state index in [1.165, 1.54) is 0 Å². The maximum Gasteiger partial charge on any atom is 0.129 e. The summed E-state index contributed by atoms with van der Waals surface area (Å²) in [5.74, 6) is 1.45. The topological polar surface area (TPSA) is 54.9 Å². The van der Waals surface area contributed by atoms with E-state index < -0.39 is 10.8 Å². The van der Waals surface area contributed by atoms with Gasteiger partial charge in [0.05, 0.1) is 0 Å². The summed E-state index contributed by atoms with van der Waals surface area (Å²) in [6.07, 6.45) is 4.14. The number of anilines is 1. The van der Waals surface area contributed by atoms with Crippen LogP contribution in [0.15, 0.2) is 12.4 Å². The predicted molar refractivity (Wildman–Crippen MR) is 58.8 cm³/mol. The Labute approximate surface area is 86.6 Å². The second kappa shape index (κ2) is 5.70. The molecule has 0 aliphatic carbocycles. The molecule has 5 heteroatoms. The Morgan fingerprint density at radius 3 is 2.93 bits per heavy atom. The van der Waals surface area contributed by atoms with Gasteiger partial charge in [0.1, 0.15) is 12.1 Å². The largest absolute Gasteiger partial charge is 0.369 e. The molecule has 1 unspecified atom stereocenters. The minimum absolute atomic E-state index is 0.644. The van der Waals surface area contributed by atoms with Crippen LogP contribution in [-0.4, -0.2) is 32.7 Å². The molecule has 1 aromatic heterocycles. The Balaban J connectivity index is 2.46. The Morgan fingerprint density at radius 1 is 1.50 bits per heavy atom. The van der Waals surface area contributed by atoms with Crippen LogP contribution >= 0.6 is 0 Å². The average molecular weight is 213 g/mol. The van der Waals surface area contributed by atoms with Gasteiger partial charge in [-0.3, -0.25) is 4.21 Å². The number of aromatic nitrogens is 2. The Kier molecular flexibility index (Phi) is 4.52. The van der Waals surface area contributed by atoms with Gasteiger partial charge in [-0.15, -0.1) is 0 Å². The summed E-state index contributed by atoms with van der Waals surface area (Å²) in [6.45, 7) is 2.73. The van der Waals surface area contributed by atoms with E-state index in [-0.39, 0.29) is 0 Å². The Hall–Kier alpha value is -0.970. The Morgan fingerprint density at radius 2 is 2.29 bits per heavy atom. The number of nitrogens with zero attached hydrogens (tertiary/aromatic N) is 2. The van der Waals surface area contributed by atoms with Crippen molar-refractivity contribution in [3.8, 4) is 0 Å². The molecule has 1 atom stereocenters. The van der Waals surface area contributed by atoms with Crippen molar-refractivity contribution >= 4 is 16.6 Å². The van der Waals surface area contributed by atoms with Crippen LogP contribution in [0.1, 0.15) is 12.6 Å². The first-order valence-electron chi connectivity index (χ1n) is 4.57. The van der Waals surface area contributed by atoms with Crippen molar-refractivity contribution in [2.24, 2.45) is 0 Å². The summed E-state index contributed by atoms with van der Waals surface area (Å²) in [4.78, 5) is 8.15. The van der Waals surface area contributed by atoms with Gasteiger partial charge in [0.15, 0.2) is 0 Å². The van der Waals surface area contributed by atoms with E-state index in [1.807, 2.05) is 13.0 Å². The summed E-state index contributed by atoms with van der Waals surface area (Å²) in [5.41, 5.74) is 1.01. The van der Waals surface area contributed by atoms with E-state index in [9.17, 15) is 4.21 Å². The predicted octanol–water partition coefficient (Wildman–Crippen LogP) is 0.829. The SMILES string of the molecule is CCc1cc(NCCS(C)=O)ncn1. The zero-order valence-electron chi connectivity index (χ0n) is 8.49. The summed E-state index contributed by atoms with van der Waals surface area (Å²) in [6, 6.07) is 1.92. The third-order valence-electron chi connectivity index (χ3n) is 1.78. The monoisotopic (exact) mass is 213 g/mol. The van der Waals surface area contributed by atoms with Crippen LogP contribution in [0.4, 0.5) is 5.82 Å². The number of hydrogen-bond donors (Lipinski definition) is 1. The van der Waals surface area contributed by atoms with Crippen molar-refractivity contribution < 1.29 is 4.21 Å². The van der Waals surface area contributed by atoms with Gasteiger partial charge >= 0.3 is 0 Å². The van der Waals surface area contributed by atoms with Crippen LogP contribution in [0.25, 0.3) is 0 Å². The number of nitrogens with one attached hydrogen (secondary N) is 1. The molecule has 14 heavy (non-hydrogen) atoms. The van der Waals surface area contributed by atoms with Gasteiger partial charge in [-0.1, -0.05) is 6.92 Å². The zero-order chi connectivity index (χ0) is 10.4. The van der Waals surface area contributed by atoms with Crippen molar-refractivity contribution in [2.75, 3.05) is 23.9 Å². The van der Waals surface area contributed by atoms with Crippen molar-refractivity contribution in [1.82, 2.24) is 9.97 Å². The van der Waals surface area contributed by atoms with Gasteiger partial charge in [0.2, 0.25) is 0 Å². The molecule has 0 amide bonds. The van der Waals surface area contributed by atoms with E-state index >= 15 is 0 Å². The third kappa shape index (κ3) is 3.83. The molecule has 1 N–H and O–H groups in total. The summed E-state index contributed by atoms with van der Waals surface area (Å²) >= 11 is 0. The van der Waals surface area contributed by atoms with Gasteiger partial charge in [-0.2, -0.15) is 0 Å². The first kappa shape index (κ1) is 11.1. The highest BCUT2D eigenvalue weighted by Crippen LogP contribution is 2.03. The van der Waals surface area contributed by atoms with Gasteiger partial charge in [0, 0.05) is 41.1 Å². The minimum Gasteiger partial charge on any atom is -0.369 e. The normalized spacial score (nSPS) is 12.4. The molecule has 0 radical (unpaired) electrons. The summed E-state index contributed by atoms with van der Waals surface area (Å²) in [5, 5.41) is 3.11. The molecule has 0 aliphatic rings. The average Bonchev–Trinajstić information content (AvgIpc) is 2.18. The van der Waals surface area contributed by atoms with Crippen molar-refractivity contribution in [2.45, 2.75) is 13.3 Å². The highest BCUT2D eigenvalue weighted by atomic mass is 32.2. The number of aryl methyl sites for hydroxylation is 1. The van der Waals surface area contributed by atoms with Gasteiger partial charge in [-0.05, 0) is 6.42 Å². The first-order chi connectivity index (χ1) is 6.72. The van der Waals surface area contributed by atoms with Crippen molar-refractivity contribution in [3.05, 3.63) is 18.1 Å². The fraction of sp³-hybridized carbons (Fsp3) is 0.556. The maximum atomic E-state index is 10.8. The lowest BCUT2D eigenvalue weighted by Crippen LogP contribution is -2.11. The number of hydrogen-bond acceptors (Lipinski definition) is 4. The Bertz CT molecular complexity index is 317. The van der Waals surface area contributed by atoms with Crippen LogP contribution in [0.3, 0.4) is 0 Å². The van der Waals surface area contributed by atoms with E-state index in [0.717, 1.165) is 17.9 Å². The van der Waals surface area contributed by atoms with E-state index in [0.29, 0.717) is 12.3 Å². The van der Waals surface area contributed by atoms with Crippen molar-refractivity contribution in [1.29, 1.82) is 0 Å². The fourth-order valence-electron chi connectivity index (χ4n) is 1.01. The molecule has 0 spiro atoms. The zero-order valence-corrected chi connectivity index (χ0v) is 9.30. The first-order valence-corrected chi connectivity index (χ1v) is 6.30.